The number of aryl methyl sites for hydroxylation is 3. The van der Waals surface area contributed by atoms with Gasteiger partial charge in [0.05, 0.1) is 18.4 Å². The SMILES string of the molecule is COC(=O)c1ccc(C)c(NCc2c(C)n[nH]c2C)c1. The summed E-state index contributed by atoms with van der Waals surface area (Å²) >= 11 is 0. The molecule has 5 nitrogen and oxygen atoms in total. The highest BCUT2D eigenvalue weighted by atomic mass is 16.5. The molecule has 1 aromatic heterocycles. The van der Waals surface area contributed by atoms with E-state index in [1.807, 2.05) is 32.9 Å². The minimum Gasteiger partial charge on any atom is -0.465 e. The molecule has 2 rings (SSSR count). The zero-order valence-electron chi connectivity index (χ0n) is 12.2. The molecule has 0 aliphatic heterocycles. The number of methoxy groups -OCH3 is 1. The Morgan fingerprint density at radius 1 is 1.35 bits per heavy atom. The quantitative estimate of drug-likeness (QED) is 0.841. The zero-order chi connectivity index (χ0) is 14.7. The van der Waals surface area contributed by atoms with Gasteiger partial charge in [0.15, 0.2) is 0 Å². The van der Waals surface area contributed by atoms with Gasteiger partial charge in [0.25, 0.3) is 0 Å². The lowest BCUT2D eigenvalue weighted by Gasteiger charge is -2.11. The van der Waals surface area contributed by atoms with Gasteiger partial charge in [0.1, 0.15) is 0 Å². The summed E-state index contributed by atoms with van der Waals surface area (Å²) in [5.74, 6) is -0.330. The molecule has 0 unspecified atom stereocenters. The highest BCUT2D eigenvalue weighted by Crippen LogP contribution is 2.19. The van der Waals surface area contributed by atoms with Crippen LogP contribution in [-0.4, -0.2) is 23.3 Å². The van der Waals surface area contributed by atoms with Crippen molar-refractivity contribution in [2.24, 2.45) is 0 Å². The fraction of sp³-hybridized carbons (Fsp3) is 0.333. The molecule has 0 amide bonds. The molecule has 5 heteroatoms. The molecule has 0 aliphatic carbocycles. The number of carbonyl (C=O) groups excluding carboxylic acids is 1. The van der Waals surface area contributed by atoms with E-state index in [4.69, 9.17) is 4.74 Å². The Kier molecular flexibility index (Phi) is 4.08. The number of rotatable bonds is 4. The predicted octanol–water partition coefficient (Wildman–Crippen LogP) is 2.73. The van der Waals surface area contributed by atoms with Crippen LogP contribution in [0.3, 0.4) is 0 Å². The van der Waals surface area contributed by atoms with E-state index in [-0.39, 0.29) is 5.97 Å². The van der Waals surface area contributed by atoms with Crippen LogP contribution in [0, 0.1) is 20.8 Å². The summed E-state index contributed by atoms with van der Waals surface area (Å²) in [7, 11) is 1.38. The second-order valence-corrected chi connectivity index (χ2v) is 4.79. The maximum absolute atomic E-state index is 11.6. The van der Waals surface area contributed by atoms with E-state index in [1.54, 1.807) is 6.07 Å². The monoisotopic (exact) mass is 273 g/mol. The van der Waals surface area contributed by atoms with Gasteiger partial charge in [-0.15, -0.1) is 0 Å². The number of aromatic amines is 1. The van der Waals surface area contributed by atoms with Gasteiger partial charge in [-0.05, 0) is 38.5 Å². The molecule has 2 aromatic rings. The van der Waals surface area contributed by atoms with Crippen molar-refractivity contribution < 1.29 is 9.53 Å². The third-order valence-electron chi connectivity index (χ3n) is 3.39. The molecule has 20 heavy (non-hydrogen) atoms. The summed E-state index contributed by atoms with van der Waals surface area (Å²) in [6.45, 7) is 6.63. The van der Waals surface area contributed by atoms with Crippen molar-refractivity contribution in [2.75, 3.05) is 12.4 Å². The third kappa shape index (κ3) is 2.82. The van der Waals surface area contributed by atoms with Crippen molar-refractivity contribution in [3.63, 3.8) is 0 Å². The third-order valence-corrected chi connectivity index (χ3v) is 3.39. The summed E-state index contributed by atoms with van der Waals surface area (Å²) in [6.07, 6.45) is 0. The molecule has 0 spiro atoms. The highest BCUT2D eigenvalue weighted by molar-refractivity contribution is 5.90. The highest BCUT2D eigenvalue weighted by Gasteiger charge is 2.10. The molecule has 0 saturated carbocycles. The topological polar surface area (TPSA) is 67.0 Å². The van der Waals surface area contributed by atoms with Crippen LogP contribution >= 0.6 is 0 Å². The Labute approximate surface area is 118 Å². The van der Waals surface area contributed by atoms with Crippen LogP contribution in [0.1, 0.15) is 32.9 Å². The Bertz CT molecular complexity index is 613. The Hall–Kier alpha value is -2.30. The Balaban J connectivity index is 2.19. The molecule has 0 atom stereocenters. The van der Waals surface area contributed by atoms with Crippen molar-refractivity contribution in [1.82, 2.24) is 10.2 Å². The number of hydrogen-bond acceptors (Lipinski definition) is 4. The summed E-state index contributed by atoms with van der Waals surface area (Å²) in [5, 5.41) is 10.5. The number of benzene rings is 1. The predicted molar refractivity (Wildman–Crippen MR) is 77.9 cm³/mol. The summed E-state index contributed by atoms with van der Waals surface area (Å²) < 4.78 is 4.74. The molecule has 106 valence electrons. The first-order chi connectivity index (χ1) is 9.52. The van der Waals surface area contributed by atoms with Gasteiger partial charge in [0, 0.05) is 23.5 Å². The fourth-order valence-electron chi connectivity index (χ4n) is 2.08. The lowest BCUT2D eigenvalue weighted by molar-refractivity contribution is 0.0601. The van der Waals surface area contributed by atoms with E-state index < -0.39 is 0 Å². The zero-order valence-corrected chi connectivity index (χ0v) is 12.2. The first-order valence-corrected chi connectivity index (χ1v) is 6.46. The van der Waals surface area contributed by atoms with Crippen LogP contribution in [0.15, 0.2) is 18.2 Å². The number of ether oxygens (including phenoxy) is 1. The molecular formula is C15H19N3O2. The van der Waals surface area contributed by atoms with Crippen molar-refractivity contribution >= 4 is 11.7 Å². The number of nitrogens with one attached hydrogen (secondary N) is 2. The number of aromatic nitrogens is 2. The van der Waals surface area contributed by atoms with Crippen LogP contribution in [-0.2, 0) is 11.3 Å². The number of esters is 1. The standard InChI is InChI=1S/C15H19N3O2/c1-9-5-6-12(15(19)20-4)7-14(9)16-8-13-10(2)17-18-11(13)3/h5-7,16H,8H2,1-4H3,(H,17,18). The van der Waals surface area contributed by atoms with Crippen LogP contribution in [0.4, 0.5) is 5.69 Å². The van der Waals surface area contributed by atoms with Crippen LogP contribution in [0.25, 0.3) is 0 Å². The van der Waals surface area contributed by atoms with Crippen molar-refractivity contribution in [2.45, 2.75) is 27.3 Å². The number of anilines is 1. The van der Waals surface area contributed by atoms with Gasteiger partial charge < -0.3 is 10.1 Å². The number of carbonyl (C=O) groups is 1. The van der Waals surface area contributed by atoms with E-state index in [9.17, 15) is 4.79 Å². The number of nitrogens with zero attached hydrogens (tertiary/aromatic N) is 1. The summed E-state index contributed by atoms with van der Waals surface area (Å²) in [6, 6.07) is 5.48. The molecular weight excluding hydrogens is 254 g/mol. The lowest BCUT2D eigenvalue weighted by atomic mass is 10.1. The van der Waals surface area contributed by atoms with Gasteiger partial charge >= 0.3 is 5.97 Å². The van der Waals surface area contributed by atoms with Crippen molar-refractivity contribution in [3.8, 4) is 0 Å². The normalized spacial score (nSPS) is 10.4. The Morgan fingerprint density at radius 2 is 2.10 bits per heavy atom. The minimum atomic E-state index is -0.330. The maximum atomic E-state index is 11.6. The largest absolute Gasteiger partial charge is 0.465 e. The first kappa shape index (κ1) is 14.1. The maximum Gasteiger partial charge on any atom is 0.337 e. The van der Waals surface area contributed by atoms with Crippen molar-refractivity contribution in [3.05, 3.63) is 46.3 Å². The molecule has 0 bridgehead atoms. The molecule has 0 aliphatic rings. The van der Waals surface area contributed by atoms with Crippen molar-refractivity contribution in [1.29, 1.82) is 0 Å². The van der Waals surface area contributed by atoms with Gasteiger partial charge in [-0.2, -0.15) is 5.10 Å². The summed E-state index contributed by atoms with van der Waals surface area (Å²) in [4.78, 5) is 11.6. The number of H-pyrrole nitrogens is 1. The lowest BCUT2D eigenvalue weighted by Crippen LogP contribution is -2.06. The van der Waals surface area contributed by atoms with E-state index in [0.29, 0.717) is 12.1 Å². The molecule has 0 saturated heterocycles. The summed E-state index contributed by atoms with van der Waals surface area (Å²) in [5.41, 5.74) is 5.73. The van der Waals surface area contributed by atoms with E-state index in [2.05, 4.69) is 15.5 Å². The smallest absolute Gasteiger partial charge is 0.337 e. The van der Waals surface area contributed by atoms with E-state index >= 15 is 0 Å². The van der Waals surface area contributed by atoms with Gasteiger partial charge in [-0.1, -0.05) is 6.07 Å². The van der Waals surface area contributed by atoms with Gasteiger partial charge in [-0.25, -0.2) is 4.79 Å². The second kappa shape index (κ2) is 5.77. The molecule has 2 N–H and O–H groups in total. The minimum absolute atomic E-state index is 0.330. The average Bonchev–Trinajstić information content (AvgIpc) is 2.76. The first-order valence-electron chi connectivity index (χ1n) is 6.46. The molecule has 0 radical (unpaired) electrons. The van der Waals surface area contributed by atoms with Crippen LogP contribution < -0.4 is 5.32 Å². The van der Waals surface area contributed by atoms with Gasteiger partial charge in [0.2, 0.25) is 0 Å². The van der Waals surface area contributed by atoms with Crippen LogP contribution in [0.5, 0.6) is 0 Å². The molecule has 0 fully saturated rings. The average molecular weight is 273 g/mol. The number of hydrogen-bond donors (Lipinski definition) is 2. The van der Waals surface area contributed by atoms with Crippen LogP contribution in [0.2, 0.25) is 0 Å². The van der Waals surface area contributed by atoms with E-state index in [1.165, 1.54) is 7.11 Å². The Morgan fingerprint density at radius 3 is 2.70 bits per heavy atom. The van der Waals surface area contributed by atoms with Gasteiger partial charge in [-0.3, -0.25) is 5.10 Å². The molecule has 1 heterocycles. The molecule has 1 aromatic carbocycles. The second-order valence-electron chi connectivity index (χ2n) is 4.79. The fourth-order valence-corrected chi connectivity index (χ4v) is 2.08. The van der Waals surface area contributed by atoms with E-state index in [0.717, 1.165) is 28.2 Å².